The highest BCUT2D eigenvalue weighted by Crippen LogP contribution is 2.16. The van der Waals surface area contributed by atoms with E-state index >= 15 is 0 Å². The lowest BCUT2D eigenvalue weighted by molar-refractivity contribution is -0.177. The summed E-state index contributed by atoms with van der Waals surface area (Å²) in [4.78, 5) is 11.1. The minimum Gasteiger partial charge on any atom is -0.436 e. The van der Waals surface area contributed by atoms with Crippen molar-refractivity contribution in [1.82, 2.24) is 6.15 Å². The van der Waals surface area contributed by atoms with Crippen molar-refractivity contribution in [3.8, 4) is 0 Å². The van der Waals surface area contributed by atoms with E-state index in [0.29, 0.717) is 6.42 Å². The second-order valence-corrected chi connectivity index (χ2v) is 3.52. The van der Waals surface area contributed by atoms with Gasteiger partial charge in [0, 0.05) is 6.42 Å². The summed E-state index contributed by atoms with van der Waals surface area (Å²) in [5.41, 5.74) is -0.532. The van der Waals surface area contributed by atoms with E-state index in [0.717, 1.165) is 0 Å². The van der Waals surface area contributed by atoms with Crippen LogP contribution in [-0.2, 0) is 9.53 Å². The molecule has 0 aliphatic rings. The molecule has 0 bridgehead atoms. The van der Waals surface area contributed by atoms with Crippen LogP contribution in [0.4, 0.5) is 0 Å². The first-order valence-corrected chi connectivity index (χ1v) is 3.77. The molecule has 12 heavy (non-hydrogen) atoms. The van der Waals surface area contributed by atoms with E-state index in [1.807, 2.05) is 0 Å². The van der Waals surface area contributed by atoms with Crippen molar-refractivity contribution in [1.29, 1.82) is 0 Å². The third kappa shape index (κ3) is 5.09. The summed E-state index contributed by atoms with van der Waals surface area (Å²) in [7, 11) is 0. The summed E-state index contributed by atoms with van der Waals surface area (Å²) in [6.45, 7) is 6.99. The Bertz CT molecular complexity index is 140. The van der Waals surface area contributed by atoms with Gasteiger partial charge in [0.05, 0.1) is 5.41 Å². The molecular weight excluding hydrogens is 158 g/mol. The Kier molecular flexibility index (Phi) is 5.94. The van der Waals surface area contributed by atoms with Crippen LogP contribution in [0.3, 0.4) is 0 Å². The molecule has 0 aliphatic carbocycles. The summed E-state index contributed by atoms with van der Waals surface area (Å²) in [6.07, 6.45) is -0.524. The van der Waals surface area contributed by atoms with E-state index in [1.54, 1.807) is 27.7 Å². The number of hydrogen-bond acceptors (Lipinski definition) is 4. The van der Waals surface area contributed by atoms with Crippen molar-refractivity contribution >= 4 is 5.97 Å². The monoisotopic (exact) mass is 177 g/mol. The number of rotatable bonds is 2. The van der Waals surface area contributed by atoms with E-state index in [-0.39, 0.29) is 12.1 Å². The molecule has 4 N–H and O–H groups in total. The van der Waals surface area contributed by atoms with Crippen LogP contribution in [0.2, 0.25) is 0 Å². The van der Waals surface area contributed by atoms with Crippen LogP contribution in [0.25, 0.3) is 0 Å². The van der Waals surface area contributed by atoms with Crippen LogP contribution in [0.15, 0.2) is 0 Å². The van der Waals surface area contributed by atoms with Gasteiger partial charge in [-0.25, -0.2) is 0 Å². The van der Waals surface area contributed by atoms with Crippen LogP contribution in [0.1, 0.15) is 34.1 Å². The van der Waals surface area contributed by atoms with Gasteiger partial charge < -0.3 is 16.0 Å². The Morgan fingerprint density at radius 1 is 1.50 bits per heavy atom. The molecule has 0 saturated carbocycles. The van der Waals surface area contributed by atoms with E-state index in [4.69, 9.17) is 5.11 Å². The number of ether oxygens (including phenoxy) is 1. The lowest BCUT2D eigenvalue weighted by Gasteiger charge is -2.18. The zero-order valence-electron chi connectivity index (χ0n) is 8.26. The Balaban J connectivity index is 0. The molecule has 4 nitrogen and oxygen atoms in total. The van der Waals surface area contributed by atoms with Crippen molar-refractivity contribution < 1.29 is 14.6 Å². The van der Waals surface area contributed by atoms with Crippen LogP contribution in [0.5, 0.6) is 0 Å². The average Bonchev–Trinajstić information content (AvgIpc) is 1.85. The number of carbonyl (C=O) groups is 1. The molecule has 0 rings (SSSR count). The summed E-state index contributed by atoms with van der Waals surface area (Å²) in [5.74, 6) is -0.369. The smallest absolute Gasteiger partial charge is 0.313 e. The van der Waals surface area contributed by atoms with Crippen molar-refractivity contribution in [2.75, 3.05) is 0 Å². The first kappa shape index (κ1) is 13.9. The summed E-state index contributed by atoms with van der Waals surface area (Å²) < 4.78 is 4.68. The molecule has 74 valence electrons. The van der Waals surface area contributed by atoms with Gasteiger partial charge in [0.2, 0.25) is 0 Å². The number of carbonyl (C=O) groups excluding carboxylic acids is 1. The maximum absolute atomic E-state index is 11.1. The third-order valence-electron chi connectivity index (χ3n) is 1.20. The van der Waals surface area contributed by atoms with E-state index in [2.05, 4.69) is 4.74 Å². The molecule has 0 fully saturated rings. The molecule has 0 amide bonds. The fourth-order valence-corrected chi connectivity index (χ4v) is 0.384. The first-order chi connectivity index (χ1) is 4.88. The Hall–Kier alpha value is -0.610. The van der Waals surface area contributed by atoms with Gasteiger partial charge in [-0.3, -0.25) is 4.79 Å². The van der Waals surface area contributed by atoms with E-state index in [9.17, 15) is 4.79 Å². The topological polar surface area (TPSA) is 81.5 Å². The predicted molar refractivity (Wildman–Crippen MR) is 46.9 cm³/mol. The van der Waals surface area contributed by atoms with Gasteiger partial charge in [0.15, 0.2) is 6.29 Å². The van der Waals surface area contributed by atoms with Gasteiger partial charge in [0.1, 0.15) is 0 Å². The lowest BCUT2D eigenvalue weighted by atomic mass is 9.97. The van der Waals surface area contributed by atoms with Crippen LogP contribution < -0.4 is 6.15 Å². The fraction of sp³-hybridized carbons (Fsp3) is 0.875. The fourth-order valence-electron chi connectivity index (χ4n) is 0.384. The third-order valence-corrected chi connectivity index (χ3v) is 1.20. The number of aliphatic hydroxyl groups is 1. The van der Waals surface area contributed by atoms with E-state index in [1.165, 1.54) is 0 Å². The summed E-state index contributed by atoms with van der Waals surface area (Å²) in [6, 6.07) is 0. The van der Waals surface area contributed by atoms with Crippen molar-refractivity contribution in [3.63, 3.8) is 0 Å². The maximum atomic E-state index is 11.1. The molecule has 0 saturated heterocycles. The van der Waals surface area contributed by atoms with Crippen molar-refractivity contribution in [2.45, 2.75) is 40.4 Å². The van der Waals surface area contributed by atoms with E-state index < -0.39 is 11.7 Å². The molecule has 0 radical (unpaired) electrons. The highest BCUT2D eigenvalue weighted by atomic mass is 16.6. The Morgan fingerprint density at radius 3 is 2.17 bits per heavy atom. The second kappa shape index (κ2) is 5.11. The SMILES string of the molecule is CCC(O)OC(=O)C(C)(C)C.N. The standard InChI is InChI=1S/C8H16O3.H3N/c1-5-6(9)11-7(10)8(2,3)4;/h6,9H,5H2,1-4H3;1H3. The molecule has 0 spiro atoms. The molecule has 4 heteroatoms. The van der Waals surface area contributed by atoms with Gasteiger partial charge >= 0.3 is 5.97 Å². The zero-order chi connectivity index (χ0) is 9.07. The molecule has 0 aliphatic heterocycles. The second-order valence-electron chi connectivity index (χ2n) is 3.52. The highest BCUT2D eigenvalue weighted by molar-refractivity contribution is 5.75. The zero-order valence-corrected chi connectivity index (χ0v) is 8.26. The Labute approximate surface area is 73.5 Å². The lowest BCUT2D eigenvalue weighted by Crippen LogP contribution is -2.27. The van der Waals surface area contributed by atoms with Gasteiger partial charge in [-0.15, -0.1) is 0 Å². The molecule has 0 aromatic rings. The molecule has 1 unspecified atom stereocenters. The molecule has 0 heterocycles. The van der Waals surface area contributed by atoms with Crippen molar-refractivity contribution in [3.05, 3.63) is 0 Å². The largest absolute Gasteiger partial charge is 0.436 e. The number of hydrogen-bond donors (Lipinski definition) is 2. The van der Waals surface area contributed by atoms with Gasteiger partial charge in [0.25, 0.3) is 0 Å². The average molecular weight is 177 g/mol. The first-order valence-electron chi connectivity index (χ1n) is 3.77. The molecule has 0 aromatic carbocycles. The quantitative estimate of drug-likeness (QED) is 0.494. The summed E-state index contributed by atoms with van der Waals surface area (Å²) >= 11 is 0. The van der Waals surface area contributed by atoms with Gasteiger partial charge in [-0.2, -0.15) is 0 Å². The molecule has 1 atom stereocenters. The Morgan fingerprint density at radius 2 is 1.92 bits per heavy atom. The number of esters is 1. The van der Waals surface area contributed by atoms with Crippen LogP contribution >= 0.6 is 0 Å². The minimum atomic E-state index is -0.957. The van der Waals surface area contributed by atoms with Crippen molar-refractivity contribution in [2.24, 2.45) is 5.41 Å². The number of aliphatic hydroxyl groups excluding tert-OH is 1. The minimum absolute atomic E-state index is 0. The highest BCUT2D eigenvalue weighted by Gasteiger charge is 2.24. The van der Waals surface area contributed by atoms with Crippen LogP contribution in [-0.4, -0.2) is 17.4 Å². The van der Waals surface area contributed by atoms with Gasteiger partial charge in [-0.1, -0.05) is 6.92 Å². The molecule has 0 aromatic heterocycles. The maximum Gasteiger partial charge on any atom is 0.313 e. The van der Waals surface area contributed by atoms with Crippen LogP contribution in [0, 0.1) is 5.41 Å². The summed E-state index contributed by atoms with van der Waals surface area (Å²) in [5, 5.41) is 8.95. The normalized spacial score (nSPS) is 13.1. The van der Waals surface area contributed by atoms with Gasteiger partial charge in [-0.05, 0) is 20.8 Å². The predicted octanol–water partition coefficient (Wildman–Crippen LogP) is 1.47. The molecular formula is C8H19NO3.